The summed E-state index contributed by atoms with van der Waals surface area (Å²) in [5, 5.41) is 14.5. The maximum Gasteiger partial charge on any atom is 0.225 e. The number of amides is 1. The lowest BCUT2D eigenvalue weighted by atomic mass is 9.96. The lowest BCUT2D eigenvalue weighted by molar-refractivity contribution is -0.137. The number of aromatic nitrogens is 2. The first-order valence-corrected chi connectivity index (χ1v) is 8.51. The molecule has 1 aromatic rings. The molecule has 1 saturated carbocycles. The molecule has 1 amide bonds. The summed E-state index contributed by atoms with van der Waals surface area (Å²) in [6.07, 6.45) is 9.03. The van der Waals surface area contributed by atoms with Gasteiger partial charge in [-0.25, -0.2) is 0 Å². The van der Waals surface area contributed by atoms with Crippen molar-refractivity contribution in [2.24, 2.45) is 7.05 Å². The van der Waals surface area contributed by atoms with Crippen molar-refractivity contribution >= 4 is 11.7 Å². The van der Waals surface area contributed by atoms with E-state index in [-0.39, 0.29) is 24.2 Å². The summed E-state index contributed by atoms with van der Waals surface area (Å²) in [6.45, 7) is 0.694. The number of hydrogen-bond donors (Lipinski definition) is 1. The van der Waals surface area contributed by atoms with Crippen LogP contribution in [0.1, 0.15) is 61.7 Å². The molecule has 0 bridgehead atoms. The molecule has 1 unspecified atom stereocenters. The fourth-order valence-electron chi connectivity index (χ4n) is 3.87. The smallest absolute Gasteiger partial charge is 0.225 e. The maximum absolute atomic E-state index is 12.6. The minimum atomic E-state index is -0.822. The highest BCUT2D eigenvalue weighted by atomic mass is 16.3. The van der Waals surface area contributed by atoms with Crippen LogP contribution in [-0.4, -0.2) is 49.7 Å². The van der Waals surface area contributed by atoms with Crippen LogP contribution >= 0.6 is 0 Å². The fraction of sp³-hybridized carbons (Fsp3) is 0.706. The van der Waals surface area contributed by atoms with Crippen LogP contribution in [0, 0.1) is 0 Å². The van der Waals surface area contributed by atoms with Crippen molar-refractivity contribution in [1.29, 1.82) is 0 Å². The molecule has 1 N–H and O–H groups in total. The van der Waals surface area contributed by atoms with Crippen LogP contribution in [0.2, 0.25) is 0 Å². The monoisotopic (exact) mass is 319 g/mol. The number of carbonyl (C=O) groups is 2. The molecule has 23 heavy (non-hydrogen) atoms. The van der Waals surface area contributed by atoms with Gasteiger partial charge >= 0.3 is 0 Å². The summed E-state index contributed by atoms with van der Waals surface area (Å²) in [6, 6.07) is -0.0415. The Morgan fingerprint density at radius 3 is 2.74 bits per heavy atom. The number of hydrogen-bond acceptors (Lipinski definition) is 4. The van der Waals surface area contributed by atoms with Gasteiger partial charge in [-0.1, -0.05) is 12.8 Å². The molecular weight excluding hydrogens is 294 g/mol. The van der Waals surface area contributed by atoms with Crippen molar-refractivity contribution < 1.29 is 14.7 Å². The summed E-state index contributed by atoms with van der Waals surface area (Å²) in [5.41, 5.74) is -0.223. The number of nitrogens with zero attached hydrogens (tertiary/aromatic N) is 3. The van der Waals surface area contributed by atoms with Crippen molar-refractivity contribution in [2.75, 3.05) is 6.54 Å². The molecule has 1 aliphatic heterocycles. The third-order valence-electron chi connectivity index (χ3n) is 5.16. The number of carbonyl (C=O) groups excluding carboxylic acids is 2. The van der Waals surface area contributed by atoms with E-state index in [1.807, 2.05) is 4.90 Å². The van der Waals surface area contributed by atoms with Crippen LogP contribution in [0.4, 0.5) is 0 Å². The Labute approximate surface area is 136 Å². The van der Waals surface area contributed by atoms with Gasteiger partial charge in [0.25, 0.3) is 0 Å². The highest BCUT2D eigenvalue weighted by molar-refractivity contribution is 5.96. The third kappa shape index (κ3) is 3.63. The van der Waals surface area contributed by atoms with Crippen LogP contribution in [0.15, 0.2) is 12.4 Å². The Hall–Kier alpha value is -1.69. The fourth-order valence-corrected chi connectivity index (χ4v) is 3.87. The Bertz CT molecular complexity index is 590. The van der Waals surface area contributed by atoms with E-state index in [4.69, 9.17) is 0 Å². The van der Waals surface area contributed by atoms with E-state index < -0.39 is 5.60 Å². The molecule has 2 aliphatic rings. The van der Waals surface area contributed by atoms with E-state index in [1.165, 1.54) is 0 Å². The van der Waals surface area contributed by atoms with Crippen LogP contribution in [0.25, 0.3) is 0 Å². The number of ketones is 1. The van der Waals surface area contributed by atoms with Gasteiger partial charge in [-0.15, -0.1) is 0 Å². The molecule has 1 aliphatic carbocycles. The average molecular weight is 319 g/mol. The Kier molecular flexibility index (Phi) is 4.53. The number of Topliss-reactive ketones (excluding diaryl/α,β-unsaturated/α-hetero) is 1. The molecule has 2 fully saturated rings. The first-order valence-electron chi connectivity index (χ1n) is 8.51. The Morgan fingerprint density at radius 1 is 1.35 bits per heavy atom. The lowest BCUT2D eigenvalue weighted by Gasteiger charge is -2.29. The molecule has 1 aromatic heterocycles. The Balaban J connectivity index is 1.61. The standard InChI is InChI=1S/C17H25N3O3/c1-19-12-13(11-18-19)15(21)9-14-5-4-8-20(14)16(22)10-17(23)6-2-3-7-17/h11-12,14,23H,2-10H2,1H3. The third-order valence-corrected chi connectivity index (χ3v) is 5.16. The van der Waals surface area contributed by atoms with Crippen LogP contribution in [0.3, 0.4) is 0 Å². The van der Waals surface area contributed by atoms with Gasteiger partial charge in [-0.2, -0.15) is 5.10 Å². The first-order chi connectivity index (χ1) is 11.0. The average Bonchev–Trinajstić information content (AvgIpc) is 3.20. The zero-order chi connectivity index (χ0) is 16.4. The molecule has 1 atom stereocenters. The summed E-state index contributed by atoms with van der Waals surface area (Å²) >= 11 is 0. The minimum absolute atomic E-state index is 0.00381. The van der Waals surface area contributed by atoms with Crippen molar-refractivity contribution in [3.8, 4) is 0 Å². The second-order valence-corrected chi connectivity index (χ2v) is 7.02. The van der Waals surface area contributed by atoms with Crippen molar-refractivity contribution in [3.63, 3.8) is 0 Å². The summed E-state index contributed by atoms with van der Waals surface area (Å²) in [5.74, 6) is 0.0262. The molecular formula is C17H25N3O3. The Morgan fingerprint density at radius 2 is 2.09 bits per heavy atom. The highest BCUT2D eigenvalue weighted by Crippen LogP contribution is 2.34. The molecule has 126 valence electrons. The maximum atomic E-state index is 12.6. The van der Waals surface area contributed by atoms with Gasteiger partial charge in [-0.3, -0.25) is 14.3 Å². The number of aryl methyl sites for hydroxylation is 1. The van der Waals surface area contributed by atoms with Crippen molar-refractivity contribution in [3.05, 3.63) is 18.0 Å². The molecule has 1 saturated heterocycles. The van der Waals surface area contributed by atoms with Crippen LogP contribution < -0.4 is 0 Å². The number of rotatable bonds is 5. The zero-order valence-electron chi connectivity index (χ0n) is 13.7. The first kappa shape index (κ1) is 16.2. The molecule has 0 spiro atoms. The van der Waals surface area contributed by atoms with E-state index in [9.17, 15) is 14.7 Å². The second kappa shape index (κ2) is 6.43. The van der Waals surface area contributed by atoms with E-state index in [0.29, 0.717) is 31.4 Å². The lowest BCUT2D eigenvalue weighted by Crippen LogP contribution is -2.41. The molecule has 3 rings (SSSR count). The second-order valence-electron chi connectivity index (χ2n) is 7.02. The summed E-state index contributed by atoms with van der Waals surface area (Å²) in [7, 11) is 1.78. The van der Waals surface area contributed by atoms with Crippen molar-refractivity contribution in [2.45, 2.75) is 63.0 Å². The minimum Gasteiger partial charge on any atom is -0.389 e. The topological polar surface area (TPSA) is 75.4 Å². The van der Waals surface area contributed by atoms with Crippen molar-refractivity contribution in [1.82, 2.24) is 14.7 Å². The quantitative estimate of drug-likeness (QED) is 0.838. The van der Waals surface area contributed by atoms with Gasteiger partial charge in [-0.05, 0) is 25.7 Å². The van der Waals surface area contributed by atoms with Gasteiger partial charge < -0.3 is 10.0 Å². The van der Waals surface area contributed by atoms with Gasteiger partial charge in [0, 0.05) is 32.3 Å². The van der Waals surface area contributed by atoms with Crippen LogP contribution in [0.5, 0.6) is 0 Å². The largest absolute Gasteiger partial charge is 0.389 e. The summed E-state index contributed by atoms with van der Waals surface area (Å²) in [4.78, 5) is 26.7. The van der Waals surface area contributed by atoms with Gasteiger partial charge in [0.1, 0.15) is 0 Å². The van der Waals surface area contributed by atoms with E-state index in [0.717, 1.165) is 25.7 Å². The molecule has 6 nitrogen and oxygen atoms in total. The predicted octanol–water partition coefficient (Wildman–Crippen LogP) is 1.68. The number of likely N-dealkylation sites (tertiary alicyclic amines) is 1. The molecule has 2 heterocycles. The van der Waals surface area contributed by atoms with Crippen LogP contribution in [-0.2, 0) is 11.8 Å². The zero-order valence-corrected chi connectivity index (χ0v) is 13.7. The number of aliphatic hydroxyl groups is 1. The molecule has 0 radical (unpaired) electrons. The predicted molar refractivity (Wildman–Crippen MR) is 84.9 cm³/mol. The van der Waals surface area contributed by atoms with E-state index in [1.54, 1.807) is 24.1 Å². The van der Waals surface area contributed by atoms with Gasteiger partial charge in [0.05, 0.1) is 23.8 Å². The van der Waals surface area contributed by atoms with Gasteiger partial charge in [0.15, 0.2) is 5.78 Å². The normalized spacial score (nSPS) is 23.4. The SMILES string of the molecule is Cn1cc(C(=O)CC2CCCN2C(=O)CC2(O)CCCC2)cn1. The van der Waals surface area contributed by atoms with E-state index in [2.05, 4.69) is 5.10 Å². The van der Waals surface area contributed by atoms with E-state index >= 15 is 0 Å². The molecule has 6 heteroatoms. The molecule has 0 aromatic carbocycles. The highest BCUT2D eigenvalue weighted by Gasteiger charge is 2.38. The summed E-state index contributed by atoms with van der Waals surface area (Å²) < 4.78 is 1.61. The van der Waals surface area contributed by atoms with Gasteiger partial charge in [0.2, 0.25) is 5.91 Å².